The molecule has 4 aromatic rings. The number of ether oxygens (including phenoxy) is 2. The van der Waals surface area contributed by atoms with Crippen molar-refractivity contribution in [1.29, 1.82) is 0 Å². The van der Waals surface area contributed by atoms with Gasteiger partial charge in [-0.1, -0.05) is 50.4 Å². The molecule has 0 atom stereocenters. The zero-order chi connectivity index (χ0) is 29.9. The lowest BCUT2D eigenvalue weighted by Crippen LogP contribution is -2.46. The van der Waals surface area contributed by atoms with Crippen molar-refractivity contribution in [3.8, 4) is 22.9 Å². The first-order chi connectivity index (χ1) is 21.1. The van der Waals surface area contributed by atoms with Crippen molar-refractivity contribution in [1.82, 2.24) is 19.4 Å². The Morgan fingerprint density at radius 3 is 2.02 bits per heavy atom. The van der Waals surface area contributed by atoms with E-state index >= 15 is 0 Å². The molecular weight excluding hydrogens is 556 g/mol. The van der Waals surface area contributed by atoms with E-state index in [9.17, 15) is 0 Å². The number of hydrogen-bond donors (Lipinski definition) is 0. The van der Waals surface area contributed by atoms with Gasteiger partial charge in [0.25, 0.3) is 0 Å². The van der Waals surface area contributed by atoms with Crippen LogP contribution in [0.15, 0.2) is 66.7 Å². The third kappa shape index (κ3) is 8.98. The number of piperazine rings is 1. The second kappa shape index (κ2) is 16.1. The standard InChI is InChI=1S/C36H47ClN4O2/c1-3-5-19-39-22-24-40(25-23-39)20-7-26-42-33-16-17-34-35(28-33)41(21-6-4-2)36(38-34)30-10-14-32(15-11-30)43-27-18-29-8-12-31(37)13-9-29/h8-17,28H,3-7,18-27H2,1-2H3. The number of unbranched alkanes of at least 4 members (excludes halogenated alkanes) is 2. The van der Waals surface area contributed by atoms with Crippen LogP contribution in [0.4, 0.5) is 0 Å². The van der Waals surface area contributed by atoms with Gasteiger partial charge in [0.15, 0.2) is 0 Å². The van der Waals surface area contributed by atoms with Gasteiger partial charge in [-0.2, -0.15) is 0 Å². The van der Waals surface area contributed by atoms with Gasteiger partial charge in [0.05, 0.1) is 24.2 Å². The van der Waals surface area contributed by atoms with Crippen LogP contribution >= 0.6 is 11.6 Å². The van der Waals surface area contributed by atoms with E-state index in [2.05, 4.69) is 58.5 Å². The number of benzene rings is 3. The lowest BCUT2D eigenvalue weighted by Gasteiger charge is -2.34. The Labute approximate surface area is 262 Å². The second-order valence-corrected chi connectivity index (χ2v) is 12.0. The summed E-state index contributed by atoms with van der Waals surface area (Å²) in [5.41, 5.74) is 4.44. The number of aryl methyl sites for hydroxylation is 1. The number of halogens is 1. The van der Waals surface area contributed by atoms with Crippen LogP contribution in [0.25, 0.3) is 22.4 Å². The van der Waals surface area contributed by atoms with E-state index in [4.69, 9.17) is 26.1 Å². The topological polar surface area (TPSA) is 42.8 Å². The molecule has 0 unspecified atom stereocenters. The average Bonchev–Trinajstić information content (AvgIpc) is 3.40. The highest BCUT2D eigenvalue weighted by atomic mass is 35.5. The molecule has 7 heteroatoms. The summed E-state index contributed by atoms with van der Waals surface area (Å²) in [6, 6.07) is 22.6. The van der Waals surface area contributed by atoms with E-state index in [1.807, 2.05) is 36.4 Å². The van der Waals surface area contributed by atoms with Gasteiger partial charge in [-0.05, 0) is 79.9 Å². The van der Waals surface area contributed by atoms with Crippen LogP contribution in [0.3, 0.4) is 0 Å². The van der Waals surface area contributed by atoms with Crippen molar-refractivity contribution in [3.05, 3.63) is 77.3 Å². The molecule has 1 fully saturated rings. The summed E-state index contributed by atoms with van der Waals surface area (Å²) in [6.45, 7) is 13.9. The first-order valence-corrected chi connectivity index (χ1v) is 16.6. The third-order valence-corrected chi connectivity index (χ3v) is 8.57. The van der Waals surface area contributed by atoms with Crippen LogP contribution in [-0.2, 0) is 13.0 Å². The van der Waals surface area contributed by atoms with Gasteiger partial charge in [0, 0.05) is 62.3 Å². The molecule has 230 valence electrons. The van der Waals surface area contributed by atoms with Gasteiger partial charge in [0.2, 0.25) is 0 Å². The maximum Gasteiger partial charge on any atom is 0.141 e. The molecule has 0 bridgehead atoms. The molecule has 0 saturated carbocycles. The minimum Gasteiger partial charge on any atom is -0.493 e. The molecule has 1 aliphatic rings. The smallest absolute Gasteiger partial charge is 0.141 e. The maximum absolute atomic E-state index is 6.24. The van der Waals surface area contributed by atoms with Crippen molar-refractivity contribution >= 4 is 22.6 Å². The van der Waals surface area contributed by atoms with E-state index in [1.54, 1.807) is 0 Å². The van der Waals surface area contributed by atoms with Crippen LogP contribution < -0.4 is 9.47 Å². The summed E-state index contributed by atoms with van der Waals surface area (Å²) in [5.74, 6) is 2.78. The first kappa shape index (κ1) is 31.4. The van der Waals surface area contributed by atoms with Gasteiger partial charge < -0.3 is 23.8 Å². The Hall–Kier alpha value is -3.06. The second-order valence-electron chi connectivity index (χ2n) is 11.6. The molecular formula is C36H47ClN4O2. The molecule has 5 rings (SSSR count). The fourth-order valence-electron chi connectivity index (χ4n) is 5.69. The number of hydrogen-bond acceptors (Lipinski definition) is 5. The molecule has 1 aliphatic heterocycles. The maximum atomic E-state index is 6.24. The van der Waals surface area contributed by atoms with Crippen LogP contribution in [0.1, 0.15) is 51.5 Å². The Kier molecular flexibility index (Phi) is 11.8. The highest BCUT2D eigenvalue weighted by Crippen LogP contribution is 2.29. The normalized spacial score (nSPS) is 14.4. The van der Waals surface area contributed by atoms with Gasteiger partial charge in [-0.3, -0.25) is 0 Å². The van der Waals surface area contributed by atoms with Crippen molar-refractivity contribution in [3.63, 3.8) is 0 Å². The summed E-state index contributed by atoms with van der Waals surface area (Å²) in [4.78, 5) is 10.2. The number of nitrogens with zero attached hydrogens (tertiary/aromatic N) is 4. The number of fused-ring (bicyclic) bond motifs is 1. The largest absolute Gasteiger partial charge is 0.493 e. The Balaban J connectivity index is 1.17. The van der Waals surface area contributed by atoms with E-state index in [1.165, 1.54) is 51.1 Å². The van der Waals surface area contributed by atoms with Crippen LogP contribution in [0.2, 0.25) is 5.02 Å². The van der Waals surface area contributed by atoms with E-state index < -0.39 is 0 Å². The van der Waals surface area contributed by atoms with E-state index in [0.29, 0.717) is 6.61 Å². The molecule has 43 heavy (non-hydrogen) atoms. The molecule has 1 saturated heterocycles. The van der Waals surface area contributed by atoms with Crippen molar-refractivity contribution in [2.45, 2.75) is 58.9 Å². The molecule has 0 aliphatic carbocycles. The zero-order valence-electron chi connectivity index (χ0n) is 25.9. The van der Waals surface area contributed by atoms with E-state index in [0.717, 1.165) is 84.3 Å². The molecule has 0 spiro atoms. The summed E-state index contributed by atoms with van der Waals surface area (Å²) < 4.78 is 14.6. The lowest BCUT2D eigenvalue weighted by atomic mass is 10.1. The molecule has 6 nitrogen and oxygen atoms in total. The summed E-state index contributed by atoms with van der Waals surface area (Å²) in [7, 11) is 0. The number of aromatic nitrogens is 2. The monoisotopic (exact) mass is 602 g/mol. The summed E-state index contributed by atoms with van der Waals surface area (Å²) in [6.07, 6.45) is 6.70. The predicted molar refractivity (Wildman–Crippen MR) is 179 cm³/mol. The van der Waals surface area contributed by atoms with Crippen molar-refractivity contribution in [2.75, 3.05) is 52.5 Å². The fraction of sp³-hybridized carbons (Fsp3) is 0.472. The van der Waals surface area contributed by atoms with Crippen LogP contribution in [-0.4, -0.2) is 71.8 Å². The number of imidazole rings is 1. The van der Waals surface area contributed by atoms with Gasteiger partial charge in [-0.25, -0.2) is 4.98 Å². The molecule has 2 heterocycles. The lowest BCUT2D eigenvalue weighted by molar-refractivity contribution is 0.125. The predicted octanol–water partition coefficient (Wildman–Crippen LogP) is 7.96. The van der Waals surface area contributed by atoms with Crippen LogP contribution in [0, 0.1) is 0 Å². The third-order valence-electron chi connectivity index (χ3n) is 8.32. The summed E-state index contributed by atoms with van der Waals surface area (Å²) in [5, 5.41) is 0.756. The van der Waals surface area contributed by atoms with Crippen LogP contribution in [0.5, 0.6) is 11.5 Å². The van der Waals surface area contributed by atoms with Crippen molar-refractivity contribution in [2.24, 2.45) is 0 Å². The molecule has 3 aromatic carbocycles. The molecule has 1 aromatic heterocycles. The highest BCUT2D eigenvalue weighted by molar-refractivity contribution is 6.30. The minimum atomic E-state index is 0.619. The summed E-state index contributed by atoms with van der Waals surface area (Å²) >= 11 is 6.00. The average molecular weight is 603 g/mol. The Morgan fingerprint density at radius 1 is 0.698 bits per heavy atom. The SMILES string of the molecule is CCCCN1CCN(CCCOc2ccc3nc(-c4ccc(OCCc5ccc(Cl)cc5)cc4)n(CCCC)c3c2)CC1. The van der Waals surface area contributed by atoms with Gasteiger partial charge >= 0.3 is 0 Å². The molecule has 0 radical (unpaired) electrons. The molecule has 0 N–H and O–H groups in total. The minimum absolute atomic E-state index is 0.619. The quantitative estimate of drug-likeness (QED) is 0.122. The van der Waals surface area contributed by atoms with Crippen molar-refractivity contribution < 1.29 is 9.47 Å². The molecule has 0 amide bonds. The highest BCUT2D eigenvalue weighted by Gasteiger charge is 2.16. The fourth-order valence-corrected chi connectivity index (χ4v) is 5.82. The van der Waals surface area contributed by atoms with Gasteiger partial charge in [0.1, 0.15) is 17.3 Å². The Morgan fingerprint density at radius 2 is 1.33 bits per heavy atom. The Bertz CT molecular complexity index is 1400. The zero-order valence-corrected chi connectivity index (χ0v) is 26.7. The number of rotatable bonds is 16. The first-order valence-electron chi connectivity index (χ1n) is 16.2. The van der Waals surface area contributed by atoms with Gasteiger partial charge in [-0.15, -0.1) is 0 Å². The van der Waals surface area contributed by atoms with E-state index in [-0.39, 0.29) is 0 Å².